The number of halogens is 7. The maximum atomic E-state index is 11.9. The summed E-state index contributed by atoms with van der Waals surface area (Å²) in [6.07, 6.45) is 0. The van der Waals surface area contributed by atoms with Crippen LogP contribution in [0.2, 0.25) is 0 Å². The molecule has 0 N–H and O–H groups in total. The highest BCUT2D eigenvalue weighted by atomic mass is 19.3. The number of hydrogen-bond donors (Lipinski definition) is 0. The van der Waals surface area contributed by atoms with Gasteiger partial charge in [-0.05, 0) is 0 Å². The first-order chi connectivity index (χ1) is 5.06. The van der Waals surface area contributed by atoms with Crippen molar-refractivity contribution >= 4 is 0 Å². The number of rotatable bonds is 3. The van der Waals surface area contributed by atoms with E-state index in [1.165, 1.54) is 0 Å². The molecule has 0 saturated heterocycles. The van der Waals surface area contributed by atoms with Gasteiger partial charge in [0, 0.05) is 6.92 Å². The summed E-state index contributed by atoms with van der Waals surface area (Å²) in [4.78, 5) is 0. The van der Waals surface area contributed by atoms with Gasteiger partial charge in [-0.1, -0.05) is 0 Å². The number of hydrogen-bond acceptors (Lipinski definition) is 0. The number of alkyl halides is 6. The molecule has 0 aliphatic carbocycles. The monoisotopic (exact) mass is 197 g/mol. The Morgan fingerprint density at radius 2 is 1.25 bits per heavy atom. The van der Waals surface area contributed by atoms with Crippen LogP contribution in [0.4, 0.5) is 30.7 Å². The van der Waals surface area contributed by atoms with Gasteiger partial charge in [0.1, 0.15) is 0 Å². The summed E-state index contributed by atoms with van der Waals surface area (Å²) in [5, 5.41) is 0. The SMILES string of the molecule is CC(F)(F)C(F)(F)C(F)(F)[CH]F. The van der Waals surface area contributed by atoms with Crippen molar-refractivity contribution in [2.24, 2.45) is 0 Å². The molecule has 0 amide bonds. The molecule has 0 nitrogen and oxygen atoms in total. The lowest BCUT2D eigenvalue weighted by Gasteiger charge is -2.28. The van der Waals surface area contributed by atoms with Crippen molar-refractivity contribution < 1.29 is 30.7 Å². The van der Waals surface area contributed by atoms with E-state index in [0.29, 0.717) is 0 Å². The molecule has 0 rings (SSSR count). The van der Waals surface area contributed by atoms with E-state index in [9.17, 15) is 30.7 Å². The van der Waals surface area contributed by atoms with Crippen molar-refractivity contribution in [1.29, 1.82) is 0 Å². The maximum absolute atomic E-state index is 11.9. The molecule has 0 aromatic heterocycles. The first-order valence-electron chi connectivity index (χ1n) is 2.64. The molecule has 0 atom stereocenters. The zero-order valence-corrected chi connectivity index (χ0v) is 5.72. The maximum Gasteiger partial charge on any atom is 0.374 e. The lowest BCUT2D eigenvalue weighted by Crippen LogP contribution is -2.52. The van der Waals surface area contributed by atoms with Crippen LogP contribution in [-0.2, 0) is 0 Å². The van der Waals surface area contributed by atoms with Gasteiger partial charge in [0.15, 0.2) is 0 Å². The summed E-state index contributed by atoms with van der Waals surface area (Å²) in [5.74, 6) is -16.1. The highest BCUT2D eigenvalue weighted by Gasteiger charge is 2.69. The summed E-state index contributed by atoms with van der Waals surface area (Å²) < 4.78 is 82.0. The lowest BCUT2D eigenvalue weighted by molar-refractivity contribution is -0.295. The van der Waals surface area contributed by atoms with Crippen molar-refractivity contribution in [2.45, 2.75) is 24.7 Å². The molecule has 73 valence electrons. The van der Waals surface area contributed by atoms with E-state index < -0.39 is 31.4 Å². The van der Waals surface area contributed by atoms with Gasteiger partial charge in [-0.25, -0.2) is 4.39 Å². The minimum absolute atomic E-state index is 0.412. The fraction of sp³-hybridized carbons (Fsp3) is 0.800. The van der Waals surface area contributed by atoms with Gasteiger partial charge in [0.25, 0.3) is 0 Å². The normalized spacial score (nSPS) is 15.0. The molecule has 0 fully saturated rings. The van der Waals surface area contributed by atoms with Gasteiger partial charge in [0.2, 0.25) is 6.67 Å². The third-order valence-electron chi connectivity index (χ3n) is 1.11. The molecule has 0 unspecified atom stereocenters. The quantitative estimate of drug-likeness (QED) is 0.610. The zero-order chi connectivity index (χ0) is 10.2. The Labute approximate surface area is 63.4 Å². The summed E-state index contributed by atoms with van der Waals surface area (Å²) in [7, 11) is 0. The van der Waals surface area contributed by atoms with Crippen LogP contribution in [0.1, 0.15) is 6.92 Å². The summed E-state index contributed by atoms with van der Waals surface area (Å²) in [6.45, 7) is -2.16. The van der Waals surface area contributed by atoms with Gasteiger partial charge >= 0.3 is 17.8 Å². The molecule has 0 aromatic rings. The second-order valence-corrected chi connectivity index (χ2v) is 2.19. The minimum Gasteiger partial charge on any atom is -0.237 e. The molecule has 0 spiro atoms. The van der Waals surface area contributed by atoms with Crippen molar-refractivity contribution in [1.82, 2.24) is 0 Å². The van der Waals surface area contributed by atoms with Gasteiger partial charge < -0.3 is 0 Å². The molecule has 12 heavy (non-hydrogen) atoms. The van der Waals surface area contributed by atoms with E-state index in [-0.39, 0.29) is 0 Å². The fourth-order valence-electron chi connectivity index (χ4n) is 0.361. The van der Waals surface area contributed by atoms with Crippen LogP contribution in [0.15, 0.2) is 0 Å². The Morgan fingerprint density at radius 3 is 1.33 bits per heavy atom. The molecule has 0 aromatic carbocycles. The Balaban J connectivity index is 4.85. The predicted molar refractivity (Wildman–Crippen MR) is 25.9 cm³/mol. The third-order valence-corrected chi connectivity index (χ3v) is 1.11. The predicted octanol–water partition coefficient (Wildman–Crippen LogP) is 3.04. The van der Waals surface area contributed by atoms with E-state index >= 15 is 0 Å². The van der Waals surface area contributed by atoms with E-state index in [4.69, 9.17) is 0 Å². The summed E-state index contributed by atoms with van der Waals surface area (Å²) in [5.41, 5.74) is 0. The molecule has 0 saturated carbocycles. The topological polar surface area (TPSA) is 0 Å². The summed E-state index contributed by atoms with van der Waals surface area (Å²) >= 11 is 0. The second kappa shape index (κ2) is 2.77. The smallest absolute Gasteiger partial charge is 0.237 e. The second-order valence-electron chi connectivity index (χ2n) is 2.19. The van der Waals surface area contributed by atoms with Crippen LogP contribution in [0.25, 0.3) is 0 Å². The lowest BCUT2D eigenvalue weighted by atomic mass is 10.1. The molecule has 0 bridgehead atoms. The van der Waals surface area contributed by atoms with Crippen LogP contribution in [0, 0.1) is 6.67 Å². The van der Waals surface area contributed by atoms with Crippen molar-refractivity contribution in [3.63, 3.8) is 0 Å². The van der Waals surface area contributed by atoms with Crippen LogP contribution in [0.3, 0.4) is 0 Å². The highest BCUT2D eigenvalue weighted by molar-refractivity contribution is 4.97. The van der Waals surface area contributed by atoms with E-state index in [1.54, 1.807) is 0 Å². The first kappa shape index (κ1) is 11.5. The van der Waals surface area contributed by atoms with Gasteiger partial charge in [-0.15, -0.1) is 0 Å². The molecular weight excluding hydrogens is 193 g/mol. The Hall–Kier alpha value is -0.490. The molecule has 1 radical (unpaired) electrons. The van der Waals surface area contributed by atoms with E-state index in [0.717, 1.165) is 0 Å². The third kappa shape index (κ3) is 1.64. The van der Waals surface area contributed by atoms with Crippen molar-refractivity contribution in [3.8, 4) is 0 Å². The van der Waals surface area contributed by atoms with Gasteiger partial charge in [-0.3, -0.25) is 0 Å². The molecule has 0 aliphatic rings. The Bertz CT molecular complexity index is 156. The van der Waals surface area contributed by atoms with E-state index in [2.05, 4.69) is 0 Å². The fourth-order valence-corrected chi connectivity index (χ4v) is 0.361. The van der Waals surface area contributed by atoms with Crippen LogP contribution in [-0.4, -0.2) is 17.8 Å². The highest BCUT2D eigenvalue weighted by Crippen LogP contribution is 2.46. The van der Waals surface area contributed by atoms with Crippen LogP contribution < -0.4 is 0 Å². The van der Waals surface area contributed by atoms with Crippen molar-refractivity contribution in [2.75, 3.05) is 0 Å². The standard InChI is InChI=1S/C5H4F7/c1-3(7,8)5(11,12)4(9,10)2-6/h2H,1H3. The largest absolute Gasteiger partial charge is 0.374 e. The van der Waals surface area contributed by atoms with Crippen LogP contribution >= 0.6 is 0 Å². The van der Waals surface area contributed by atoms with Gasteiger partial charge in [-0.2, -0.15) is 26.3 Å². The molecule has 0 heterocycles. The molecule has 0 aliphatic heterocycles. The average molecular weight is 197 g/mol. The zero-order valence-electron chi connectivity index (χ0n) is 5.72. The average Bonchev–Trinajstić information content (AvgIpc) is 1.85. The molecule has 7 heteroatoms. The summed E-state index contributed by atoms with van der Waals surface area (Å²) in [6, 6.07) is 0. The Morgan fingerprint density at radius 1 is 0.917 bits per heavy atom. The van der Waals surface area contributed by atoms with E-state index in [1.807, 2.05) is 0 Å². The van der Waals surface area contributed by atoms with Gasteiger partial charge in [0.05, 0.1) is 0 Å². The Kier molecular flexibility index (Phi) is 2.66. The molecular formula is C5H4F7. The van der Waals surface area contributed by atoms with Crippen molar-refractivity contribution in [3.05, 3.63) is 6.67 Å². The minimum atomic E-state index is -5.71. The van der Waals surface area contributed by atoms with Crippen LogP contribution in [0.5, 0.6) is 0 Å². The first-order valence-corrected chi connectivity index (χ1v) is 2.64.